The van der Waals surface area contributed by atoms with Crippen LogP contribution >= 0.6 is 0 Å². The topological polar surface area (TPSA) is 95.5 Å². The number of rotatable bonds is 5. The first-order valence-corrected chi connectivity index (χ1v) is 10.3. The van der Waals surface area contributed by atoms with Gasteiger partial charge < -0.3 is 15.7 Å². The van der Waals surface area contributed by atoms with Crippen molar-refractivity contribution in [2.24, 2.45) is 0 Å². The van der Waals surface area contributed by atoms with Crippen molar-refractivity contribution in [1.29, 1.82) is 0 Å². The Morgan fingerprint density at radius 2 is 1.83 bits per heavy atom. The molecule has 3 N–H and O–H groups in total. The van der Waals surface area contributed by atoms with E-state index in [0.29, 0.717) is 24.6 Å². The molecular weight excluding hydrogens is 409 g/mol. The molecule has 0 spiro atoms. The number of alkyl halides is 3. The molecule has 1 amide bonds. The van der Waals surface area contributed by atoms with Crippen LogP contribution in [-0.4, -0.2) is 38.1 Å². The van der Waals surface area contributed by atoms with Gasteiger partial charge in [-0.05, 0) is 42.3 Å². The number of halogens is 3. The number of carbonyl (C=O) groups is 1. The Morgan fingerprint density at radius 3 is 2.41 bits per heavy atom. The van der Waals surface area contributed by atoms with Crippen molar-refractivity contribution in [2.45, 2.75) is 41.1 Å². The summed E-state index contributed by atoms with van der Waals surface area (Å²) < 4.78 is 63.8. The molecule has 2 atom stereocenters. The van der Waals surface area contributed by atoms with Gasteiger partial charge in [0, 0.05) is 13.1 Å². The summed E-state index contributed by atoms with van der Waals surface area (Å²) >= 11 is 0. The van der Waals surface area contributed by atoms with Crippen LogP contribution in [0.2, 0.25) is 0 Å². The zero-order valence-electron chi connectivity index (χ0n) is 15.1. The number of amides is 1. The fraction of sp³-hybridized carbons (Fsp3) is 0.316. The molecule has 0 bridgehead atoms. The molecule has 0 radical (unpaired) electrons. The number of hydrogen-bond acceptors (Lipinski definition) is 5. The van der Waals surface area contributed by atoms with E-state index in [-0.39, 0.29) is 17.3 Å². The second-order valence-corrected chi connectivity index (χ2v) is 8.69. The second kappa shape index (κ2) is 8.13. The summed E-state index contributed by atoms with van der Waals surface area (Å²) in [6.07, 6.45) is -4.89. The highest BCUT2D eigenvalue weighted by Crippen LogP contribution is 2.32. The lowest BCUT2D eigenvalue weighted by Gasteiger charge is -2.12. The minimum atomic E-state index is -4.64. The van der Waals surface area contributed by atoms with Crippen molar-refractivity contribution in [2.75, 3.05) is 6.54 Å². The van der Waals surface area contributed by atoms with E-state index in [2.05, 4.69) is 10.6 Å². The van der Waals surface area contributed by atoms with E-state index < -0.39 is 38.6 Å². The average Bonchev–Trinajstić information content (AvgIpc) is 3.12. The number of aliphatic hydroxyl groups is 1. The molecule has 1 aliphatic rings. The number of β-amino-alcohol motifs (C(OH)–C–C–N with tert-alkyl or cyclic N) is 1. The Bertz CT molecular complexity index is 991. The first-order valence-electron chi connectivity index (χ1n) is 8.78. The maximum Gasteiger partial charge on any atom is 0.416 e. The summed E-state index contributed by atoms with van der Waals surface area (Å²) in [4.78, 5) is 11.4. The Labute approximate surface area is 165 Å². The average molecular weight is 428 g/mol. The van der Waals surface area contributed by atoms with Crippen LogP contribution in [0.15, 0.2) is 58.3 Å². The molecule has 10 heteroatoms. The lowest BCUT2D eigenvalue weighted by atomic mass is 10.2. The highest BCUT2D eigenvalue weighted by atomic mass is 32.2. The SMILES string of the molecule is O=C(NCc1ccc(S(=O)(=O)c2cccc(C(F)(F)F)c2)cc1)[C@@H]1C[C@@H](O)CN1. The Balaban J connectivity index is 1.70. The van der Waals surface area contributed by atoms with Crippen LogP contribution in [0.4, 0.5) is 13.2 Å². The summed E-state index contributed by atoms with van der Waals surface area (Å²) in [6.45, 7) is 0.497. The standard InChI is InChI=1S/C19H19F3N2O4S/c20-19(21,22)13-2-1-3-16(8-13)29(27,28)15-6-4-12(5-7-15)10-24-18(26)17-9-14(25)11-23-17/h1-8,14,17,23,25H,9-11H2,(H,24,26)/t14-,17+/m1/s1. The molecule has 1 heterocycles. The van der Waals surface area contributed by atoms with Crippen molar-refractivity contribution in [1.82, 2.24) is 10.6 Å². The van der Waals surface area contributed by atoms with Gasteiger partial charge in [-0.1, -0.05) is 18.2 Å². The van der Waals surface area contributed by atoms with E-state index in [9.17, 15) is 31.5 Å². The van der Waals surface area contributed by atoms with Crippen LogP contribution in [0, 0.1) is 0 Å². The number of carbonyl (C=O) groups excluding carboxylic acids is 1. The van der Waals surface area contributed by atoms with Gasteiger partial charge in [0.15, 0.2) is 0 Å². The summed E-state index contributed by atoms with van der Waals surface area (Å²) in [5.41, 5.74) is -0.413. The molecule has 1 aliphatic heterocycles. The van der Waals surface area contributed by atoms with Crippen LogP contribution in [0.25, 0.3) is 0 Å². The van der Waals surface area contributed by atoms with E-state index in [1.807, 2.05) is 0 Å². The zero-order chi connectivity index (χ0) is 21.2. The summed E-state index contributed by atoms with van der Waals surface area (Å²) in [7, 11) is -4.11. The lowest BCUT2D eigenvalue weighted by Crippen LogP contribution is -2.39. The van der Waals surface area contributed by atoms with Gasteiger partial charge in [-0.2, -0.15) is 13.2 Å². The molecule has 0 saturated carbocycles. The monoisotopic (exact) mass is 428 g/mol. The van der Waals surface area contributed by atoms with Crippen LogP contribution in [0.3, 0.4) is 0 Å². The van der Waals surface area contributed by atoms with Gasteiger partial charge in [-0.3, -0.25) is 4.79 Å². The van der Waals surface area contributed by atoms with Crippen LogP contribution in [0.5, 0.6) is 0 Å². The van der Waals surface area contributed by atoms with Crippen molar-refractivity contribution >= 4 is 15.7 Å². The van der Waals surface area contributed by atoms with Crippen LogP contribution in [0.1, 0.15) is 17.5 Å². The fourth-order valence-electron chi connectivity index (χ4n) is 2.99. The smallest absolute Gasteiger partial charge is 0.392 e. The van der Waals surface area contributed by atoms with Crippen molar-refractivity contribution < 1.29 is 31.5 Å². The summed E-state index contributed by atoms with van der Waals surface area (Å²) in [6, 6.07) is 8.63. The number of sulfone groups is 1. The maximum absolute atomic E-state index is 12.8. The Hall–Kier alpha value is -2.43. The number of benzene rings is 2. The van der Waals surface area contributed by atoms with Crippen molar-refractivity contribution in [3.8, 4) is 0 Å². The molecule has 2 aromatic rings. The number of hydrogen-bond donors (Lipinski definition) is 3. The first-order chi connectivity index (χ1) is 13.6. The van der Waals surface area contributed by atoms with Gasteiger partial charge >= 0.3 is 6.18 Å². The molecule has 6 nitrogen and oxygen atoms in total. The summed E-state index contributed by atoms with van der Waals surface area (Å²) in [5, 5.41) is 15.0. The second-order valence-electron chi connectivity index (χ2n) is 6.74. The van der Waals surface area contributed by atoms with Gasteiger partial charge in [0.1, 0.15) is 0 Å². The van der Waals surface area contributed by atoms with E-state index in [4.69, 9.17) is 0 Å². The molecule has 0 aromatic heterocycles. The van der Waals surface area contributed by atoms with Crippen LogP contribution in [-0.2, 0) is 27.4 Å². The molecule has 0 aliphatic carbocycles. The summed E-state index contributed by atoms with van der Waals surface area (Å²) in [5.74, 6) is -0.276. The lowest BCUT2D eigenvalue weighted by molar-refractivity contribution is -0.137. The third-order valence-electron chi connectivity index (χ3n) is 4.60. The van der Waals surface area contributed by atoms with E-state index in [1.54, 1.807) is 0 Å². The quantitative estimate of drug-likeness (QED) is 0.676. The largest absolute Gasteiger partial charge is 0.416 e. The molecule has 1 saturated heterocycles. The van der Waals surface area contributed by atoms with Gasteiger partial charge in [0.05, 0.1) is 27.5 Å². The van der Waals surface area contributed by atoms with Gasteiger partial charge in [0.25, 0.3) is 0 Å². The predicted octanol–water partition coefficient (Wildman–Crippen LogP) is 1.88. The first kappa shape index (κ1) is 21.3. The van der Waals surface area contributed by atoms with Crippen LogP contribution < -0.4 is 10.6 Å². The van der Waals surface area contributed by atoms with E-state index in [0.717, 1.165) is 18.2 Å². The van der Waals surface area contributed by atoms with E-state index in [1.165, 1.54) is 24.3 Å². The minimum Gasteiger partial charge on any atom is -0.392 e. The minimum absolute atomic E-state index is 0.146. The van der Waals surface area contributed by atoms with Gasteiger partial charge in [-0.25, -0.2) is 8.42 Å². The maximum atomic E-state index is 12.8. The van der Waals surface area contributed by atoms with Gasteiger partial charge in [0.2, 0.25) is 15.7 Å². The molecule has 2 aromatic carbocycles. The molecular formula is C19H19F3N2O4S. The molecule has 3 rings (SSSR count). The highest BCUT2D eigenvalue weighted by Gasteiger charge is 2.32. The third kappa shape index (κ3) is 4.95. The number of aliphatic hydroxyl groups excluding tert-OH is 1. The molecule has 0 unspecified atom stereocenters. The zero-order valence-corrected chi connectivity index (χ0v) is 15.9. The fourth-order valence-corrected chi connectivity index (χ4v) is 4.30. The van der Waals surface area contributed by atoms with Gasteiger partial charge in [-0.15, -0.1) is 0 Å². The number of nitrogens with one attached hydrogen (secondary N) is 2. The predicted molar refractivity (Wildman–Crippen MR) is 97.6 cm³/mol. The van der Waals surface area contributed by atoms with Crippen molar-refractivity contribution in [3.05, 3.63) is 59.7 Å². The molecule has 1 fully saturated rings. The normalized spacial score (nSPS) is 19.9. The Morgan fingerprint density at radius 1 is 1.14 bits per heavy atom. The van der Waals surface area contributed by atoms with Crippen molar-refractivity contribution in [3.63, 3.8) is 0 Å². The Kier molecular flexibility index (Phi) is 5.97. The third-order valence-corrected chi connectivity index (χ3v) is 6.36. The molecule has 156 valence electrons. The van der Waals surface area contributed by atoms with E-state index >= 15 is 0 Å². The highest BCUT2D eigenvalue weighted by molar-refractivity contribution is 7.91. The molecule has 29 heavy (non-hydrogen) atoms.